The smallest absolute Gasteiger partial charge is 0.410 e. The molecular weight excluding hydrogens is 1140 g/mol. The first-order valence-electron chi connectivity index (χ1n) is 29.4. The highest BCUT2D eigenvalue weighted by molar-refractivity contribution is 6.12. The number of likely N-dealkylation sites (tertiary alicyclic amines) is 2. The number of imidazole rings is 1. The van der Waals surface area contributed by atoms with Gasteiger partial charge in [-0.05, 0) is 91.8 Å². The van der Waals surface area contributed by atoms with Crippen molar-refractivity contribution < 1.29 is 71.2 Å². The first kappa shape index (κ1) is 64.6. The molecule has 0 aliphatic carbocycles. The molecule has 0 spiro atoms. The Morgan fingerprint density at radius 1 is 0.828 bits per heavy atom. The number of aromatic nitrogens is 2. The molecule has 468 valence electrons. The average Bonchev–Trinajstić information content (AvgIpc) is 2.36. The van der Waals surface area contributed by atoms with Crippen LogP contribution in [0.2, 0.25) is 0 Å². The van der Waals surface area contributed by atoms with E-state index in [1.165, 1.54) is 26.9 Å². The van der Waals surface area contributed by atoms with Crippen molar-refractivity contribution in [1.82, 2.24) is 45.1 Å². The van der Waals surface area contributed by atoms with Gasteiger partial charge in [0.1, 0.15) is 42.3 Å². The van der Waals surface area contributed by atoms with Crippen molar-refractivity contribution in [3.8, 4) is 11.3 Å². The van der Waals surface area contributed by atoms with Crippen molar-refractivity contribution in [2.75, 3.05) is 64.3 Å². The number of β-amino-alcohol motifs (C(OH)–C–C–N with tert-alkyl or cyclic N) is 2. The molecular formula is C61H76F3N11O12. The number of primary amides is 1. The number of nitrogens with one attached hydrogen (secondary N) is 4. The van der Waals surface area contributed by atoms with Crippen molar-refractivity contribution in [2.24, 2.45) is 23.5 Å². The van der Waals surface area contributed by atoms with Gasteiger partial charge in [-0.1, -0.05) is 62.7 Å². The van der Waals surface area contributed by atoms with Gasteiger partial charge in [-0.2, -0.15) is 0 Å². The van der Waals surface area contributed by atoms with Gasteiger partial charge < -0.3 is 66.0 Å². The number of aliphatic hydroxyl groups excluding tert-OH is 2. The zero-order valence-corrected chi connectivity index (χ0v) is 48.7. The molecule has 3 fully saturated rings. The molecule has 0 saturated carbocycles. The first-order chi connectivity index (χ1) is 41.7. The van der Waals surface area contributed by atoms with Gasteiger partial charge in [0.05, 0.1) is 43.6 Å². The lowest BCUT2D eigenvalue weighted by atomic mass is 9.89. The fraction of sp³-hybridized carbons (Fsp3) is 0.492. The lowest BCUT2D eigenvalue weighted by Crippen LogP contribution is -2.54. The summed E-state index contributed by atoms with van der Waals surface area (Å²) in [6, 6.07) is 14.2. The summed E-state index contributed by atoms with van der Waals surface area (Å²) in [5.41, 5.74) is 6.86. The van der Waals surface area contributed by atoms with Gasteiger partial charge in [-0.25, -0.2) is 32.5 Å². The number of urea groups is 2. The van der Waals surface area contributed by atoms with Gasteiger partial charge in [0, 0.05) is 87.9 Å². The van der Waals surface area contributed by atoms with Crippen molar-refractivity contribution in [2.45, 2.75) is 115 Å². The highest BCUT2D eigenvalue weighted by Crippen LogP contribution is 2.40. The average molecular weight is 1210 g/mol. The lowest BCUT2D eigenvalue weighted by molar-refractivity contribution is -0.137. The second-order valence-electron chi connectivity index (χ2n) is 22.8. The number of rotatable bonds is 26. The Labute approximate surface area is 501 Å². The molecule has 0 bridgehead atoms. The number of carbonyl (C=O) groups is 8. The third-order valence-corrected chi connectivity index (χ3v) is 16.0. The van der Waals surface area contributed by atoms with E-state index in [4.69, 9.17) is 20.2 Å². The largest absolute Gasteiger partial charge is 0.445 e. The van der Waals surface area contributed by atoms with E-state index in [1.54, 1.807) is 48.9 Å². The molecule has 87 heavy (non-hydrogen) atoms. The van der Waals surface area contributed by atoms with Crippen LogP contribution in [-0.4, -0.2) is 177 Å². The number of aliphatic hydroxyl groups is 2. The summed E-state index contributed by atoms with van der Waals surface area (Å²) in [4.78, 5) is 114. The third kappa shape index (κ3) is 17.4. The Morgan fingerprint density at radius 2 is 1.53 bits per heavy atom. The van der Waals surface area contributed by atoms with E-state index in [0.29, 0.717) is 62.4 Å². The number of carbonyl (C=O) groups excluding carboxylic acids is 8. The number of nitrogens with two attached hydrogens (primary N) is 1. The van der Waals surface area contributed by atoms with Crippen LogP contribution in [0.15, 0.2) is 91.1 Å². The second kappa shape index (κ2) is 30.3. The highest BCUT2D eigenvalue weighted by atomic mass is 19.1. The van der Waals surface area contributed by atoms with E-state index in [9.17, 15) is 48.2 Å². The standard InChI is InChI=1S/C61H76F3N11O12/c1-37(2)54(70-51(78)13-7-4-8-25-74-52(79)20-21-53(74)80)58(82)69-47(12-9-24-66-59(65)83)57(81)67-43-17-14-39(15-18-43)36-87-61(85)73-30-41(46(64)32-73)31-75(60(84)72-34-49(76)50(77)35-72)55(40-22-26-86-27-23-40)56-68-48(44-28-42(62)16-19-45(44)63)33-71(56)29-38-10-5-3-6-11-38/h3,5-6,10-11,14-21,28,33,37,40-41,46-47,49-50,54-55,76-77H,4,7-9,12-13,22-27,29-32,34-36H2,1-2H3,(H,67,81)(H,69,82)(H,70,78)(H3,65,66,83)/t41-,46-,47-,49-,50+,54-,55+/m0/s1. The molecule has 5 heterocycles. The molecule has 3 saturated heterocycles. The maximum atomic E-state index is 16.6. The van der Waals surface area contributed by atoms with Gasteiger partial charge in [0.15, 0.2) is 0 Å². The highest BCUT2D eigenvalue weighted by Gasteiger charge is 2.46. The Balaban J connectivity index is 0.917. The third-order valence-electron chi connectivity index (χ3n) is 16.0. The molecule has 3 aromatic carbocycles. The molecule has 8 rings (SSSR count). The van der Waals surface area contributed by atoms with E-state index in [2.05, 4.69) is 21.3 Å². The number of unbranched alkanes of at least 4 members (excludes halogenated alkanes) is 2. The topological polar surface area (TPSA) is 300 Å². The Hall–Kier alpha value is -8.36. The van der Waals surface area contributed by atoms with E-state index in [1.807, 2.05) is 30.3 Å². The maximum Gasteiger partial charge on any atom is 0.410 e. The number of anilines is 1. The van der Waals surface area contributed by atoms with Crippen molar-refractivity contribution >= 4 is 53.4 Å². The molecule has 4 aliphatic heterocycles. The summed E-state index contributed by atoms with van der Waals surface area (Å²) >= 11 is 0. The van der Waals surface area contributed by atoms with Crippen LogP contribution in [0.4, 0.5) is 33.2 Å². The minimum absolute atomic E-state index is 0.0676. The van der Waals surface area contributed by atoms with E-state index < -0.39 is 89.9 Å². The van der Waals surface area contributed by atoms with Gasteiger partial charge in [0.25, 0.3) is 11.8 Å². The fourth-order valence-electron chi connectivity index (χ4n) is 11.2. The molecule has 4 aromatic rings. The first-order valence-corrected chi connectivity index (χ1v) is 29.4. The number of halogens is 3. The van der Waals surface area contributed by atoms with Crippen molar-refractivity contribution in [3.63, 3.8) is 0 Å². The number of hydrogen-bond donors (Lipinski definition) is 7. The predicted molar refractivity (Wildman–Crippen MR) is 310 cm³/mol. The molecule has 0 unspecified atom stereocenters. The maximum absolute atomic E-state index is 16.6. The molecule has 4 aliphatic rings. The zero-order valence-electron chi connectivity index (χ0n) is 48.7. The minimum Gasteiger partial charge on any atom is -0.445 e. The van der Waals surface area contributed by atoms with Crippen LogP contribution in [0.1, 0.15) is 88.2 Å². The van der Waals surface area contributed by atoms with Gasteiger partial charge in [-0.15, -0.1) is 0 Å². The van der Waals surface area contributed by atoms with E-state index in [-0.39, 0.29) is 113 Å². The molecule has 1 aromatic heterocycles. The Bertz CT molecular complexity index is 3080. The number of nitrogens with zero attached hydrogens (tertiary/aromatic N) is 6. The summed E-state index contributed by atoms with van der Waals surface area (Å²) in [7, 11) is 0. The molecule has 7 atom stereocenters. The number of ether oxygens (including phenoxy) is 2. The lowest BCUT2D eigenvalue weighted by Gasteiger charge is -2.41. The minimum atomic E-state index is -1.65. The molecule has 0 radical (unpaired) electrons. The second-order valence-corrected chi connectivity index (χ2v) is 22.8. The number of amides is 10. The molecule has 8 N–H and O–H groups in total. The van der Waals surface area contributed by atoms with Crippen LogP contribution in [-0.2, 0) is 46.6 Å². The molecule has 26 heteroatoms. The van der Waals surface area contributed by atoms with Crippen LogP contribution in [0, 0.1) is 29.4 Å². The summed E-state index contributed by atoms with van der Waals surface area (Å²) in [5, 5.41) is 32.0. The Kier molecular flexibility index (Phi) is 22.5. The monoisotopic (exact) mass is 1210 g/mol. The quantitative estimate of drug-likeness (QED) is 0.0325. The van der Waals surface area contributed by atoms with Crippen LogP contribution < -0.4 is 27.0 Å². The predicted octanol–water partition coefficient (Wildman–Crippen LogP) is 4.91. The normalized spacial score (nSPS) is 19.7. The fourth-order valence-corrected chi connectivity index (χ4v) is 11.2. The summed E-state index contributed by atoms with van der Waals surface area (Å²) in [6.45, 7) is 3.14. The zero-order chi connectivity index (χ0) is 62.3. The van der Waals surface area contributed by atoms with E-state index >= 15 is 13.6 Å². The number of imide groups is 1. The van der Waals surface area contributed by atoms with Crippen LogP contribution in [0.3, 0.4) is 0 Å². The van der Waals surface area contributed by atoms with Gasteiger partial charge in [-0.3, -0.25) is 28.9 Å². The van der Waals surface area contributed by atoms with Crippen LogP contribution in [0.5, 0.6) is 0 Å². The number of hydrogen-bond acceptors (Lipinski definition) is 13. The number of alkyl halides is 1. The summed E-state index contributed by atoms with van der Waals surface area (Å²) in [5.74, 6) is -5.21. The SMILES string of the molecule is CC(C)[C@H](NC(=O)CCCCCN1C(=O)C=CC1=O)C(=O)N[C@@H](CCCNC(N)=O)C(=O)Nc1ccc(COC(=O)N2C[C@@H](CN(C(=O)N3C[C@@H](O)[C@@H](O)C3)[C@@H](c3nc(-c4cc(F)ccc4F)cn3Cc3ccccc3)C3CCOCC3)[C@@H](F)C2)cc1. The summed E-state index contributed by atoms with van der Waals surface area (Å²) < 4.78 is 60.1. The van der Waals surface area contributed by atoms with Gasteiger partial charge in [0.2, 0.25) is 17.7 Å². The summed E-state index contributed by atoms with van der Waals surface area (Å²) in [6.07, 6.45) is 1.75. The van der Waals surface area contributed by atoms with Crippen molar-refractivity contribution in [3.05, 3.63) is 120 Å². The molecule has 23 nitrogen and oxygen atoms in total. The van der Waals surface area contributed by atoms with Crippen LogP contribution >= 0.6 is 0 Å². The molecule has 10 amide bonds. The van der Waals surface area contributed by atoms with E-state index in [0.717, 1.165) is 28.7 Å². The van der Waals surface area contributed by atoms with Crippen molar-refractivity contribution in [1.29, 1.82) is 0 Å². The Morgan fingerprint density at radius 3 is 2.21 bits per heavy atom. The number of benzene rings is 3. The van der Waals surface area contributed by atoms with Gasteiger partial charge >= 0.3 is 18.2 Å². The van der Waals surface area contributed by atoms with Crippen LogP contribution in [0.25, 0.3) is 11.3 Å².